The molecule has 0 bridgehead atoms. The van der Waals surface area contributed by atoms with Crippen molar-refractivity contribution < 1.29 is 9.53 Å². The topological polar surface area (TPSA) is 54.5 Å². The molecule has 3 rings (SSSR count). The number of rotatable bonds is 6. The number of carbonyl (C=O) groups excluding carboxylic acids is 1. The lowest BCUT2D eigenvalue weighted by atomic mass is 9.99. The van der Waals surface area contributed by atoms with E-state index in [0.717, 1.165) is 48.1 Å². The Kier molecular flexibility index (Phi) is 6.77. The molecule has 0 radical (unpaired) electrons. The van der Waals surface area contributed by atoms with Gasteiger partial charge in [0.2, 0.25) is 0 Å². The molecule has 1 fully saturated rings. The van der Waals surface area contributed by atoms with Crippen LogP contribution >= 0.6 is 11.8 Å². The van der Waals surface area contributed by atoms with Crippen LogP contribution in [0.3, 0.4) is 0 Å². The Hall–Kier alpha value is -2.21. The minimum Gasteiger partial charge on any atom is -0.494 e. The minimum absolute atomic E-state index is 0.0232. The SMILES string of the molecule is CCOc1ccc(NC(=O)N2CCC(CSc3ccccn3)CC2)cc1. The summed E-state index contributed by atoms with van der Waals surface area (Å²) in [7, 11) is 0. The van der Waals surface area contributed by atoms with Crippen molar-refractivity contribution in [2.75, 3.05) is 30.8 Å². The molecule has 0 atom stereocenters. The van der Waals surface area contributed by atoms with Crippen LogP contribution in [0.15, 0.2) is 53.7 Å². The van der Waals surface area contributed by atoms with E-state index in [1.807, 2.05) is 60.5 Å². The lowest BCUT2D eigenvalue weighted by Gasteiger charge is -2.31. The number of anilines is 1. The number of nitrogens with one attached hydrogen (secondary N) is 1. The number of urea groups is 1. The number of likely N-dealkylation sites (tertiary alicyclic amines) is 1. The van der Waals surface area contributed by atoms with Gasteiger partial charge < -0.3 is 15.0 Å². The molecule has 5 nitrogen and oxygen atoms in total. The fourth-order valence-electron chi connectivity index (χ4n) is 2.94. The molecule has 2 aromatic rings. The summed E-state index contributed by atoms with van der Waals surface area (Å²) in [6, 6.07) is 13.5. The summed E-state index contributed by atoms with van der Waals surface area (Å²) in [6.45, 7) is 4.19. The van der Waals surface area contributed by atoms with Crippen molar-refractivity contribution in [3.8, 4) is 5.75 Å². The predicted octanol–water partition coefficient (Wildman–Crippen LogP) is 4.52. The van der Waals surface area contributed by atoms with Crippen LogP contribution in [-0.2, 0) is 0 Å². The van der Waals surface area contributed by atoms with Crippen LogP contribution in [0.5, 0.6) is 5.75 Å². The number of thioether (sulfide) groups is 1. The van der Waals surface area contributed by atoms with Crippen molar-refractivity contribution in [3.63, 3.8) is 0 Å². The molecule has 2 amide bonds. The number of pyridine rings is 1. The van der Waals surface area contributed by atoms with E-state index < -0.39 is 0 Å². The van der Waals surface area contributed by atoms with Crippen LogP contribution in [0, 0.1) is 5.92 Å². The number of hydrogen-bond acceptors (Lipinski definition) is 4. The van der Waals surface area contributed by atoms with Crippen LogP contribution < -0.4 is 10.1 Å². The third-order valence-electron chi connectivity index (χ3n) is 4.42. The van der Waals surface area contributed by atoms with E-state index in [1.54, 1.807) is 11.8 Å². The maximum atomic E-state index is 12.4. The van der Waals surface area contributed by atoms with E-state index in [9.17, 15) is 4.79 Å². The number of aromatic nitrogens is 1. The third kappa shape index (κ3) is 5.39. The second-order valence-electron chi connectivity index (χ2n) is 6.30. The largest absolute Gasteiger partial charge is 0.494 e. The van der Waals surface area contributed by atoms with Crippen LogP contribution in [0.1, 0.15) is 19.8 Å². The van der Waals surface area contributed by atoms with Gasteiger partial charge in [-0.25, -0.2) is 9.78 Å². The monoisotopic (exact) mass is 371 g/mol. The molecule has 1 aromatic carbocycles. The molecule has 0 unspecified atom stereocenters. The summed E-state index contributed by atoms with van der Waals surface area (Å²) in [5, 5.41) is 4.04. The van der Waals surface area contributed by atoms with Gasteiger partial charge in [-0.3, -0.25) is 0 Å². The third-order valence-corrected chi connectivity index (χ3v) is 5.60. The van der Waals surface area contributed by atoms with Crippen LogP contribution in [0.25, 0.3) is 0 Å². The highest BCUT2D eigenvalue weighted by Gasteiger charge is 2.23. The number of benzene rings is 1. The maximum absolute atomic E-state index is 12.4. The van der Waals surface area contributed by atoms with Crippen molar-refractivity contribution in [3.05, 3.63) is 48.7 Å². The highest BCUT2D eigenvalue weighted by molar-refractivity contribution is 7.99. The van der Waals surface area contributed by atoms with E-state index in [4.69, 9.17) is 4.74 Å². The zero-order chi connectivity index (χ0) is 18.2. The number of piperidine rings is 1. The molecule has 26 heavy (non-hydrogen) atoms. The predicted molar refractivity (Wildman–Crippen MR) is 106 cm³/mol. The number of nitrogens with zero attached hydrogens (tertiary/aromatic N) is 2. The zero-order valence-electron chi connectivity index (χ0n) is 15.1. The molecule has 2 heterocycles. The standard InChI is InChI=1S/C20H25N3O2S/c1-2-25-18-8-6-17(7-9-18)22-20(24)23-13-10-16(11-14-23)15-26-19-5-3-4-12-21-19/h3-9,12,16H,2,10-11,13-15H2,1H3,(H,22,24). The lowest BCUT2D eigenvalue weighted by Crippen LogP contribution is -2.41. The van der Waals surface area contributed by atoms with Gasteiger partial charge in [-0.2, -0.15) is 0 Å². The summed E-state index contributed by atoms with van der Waals surface area (Å²) in [5.74, 6) is 2.51. The fourth-order valence-corrected chi connectivity index (χ4v) is 3.99. The molecule has 1 aromatic heterocycles. The van der Waals surface area contributed by atoms with E-state index in [1.165, 1.54) is 0 Å². The molecule has 0 saturated carbocycles. The molecule has 6 heteroatoms. The summed E-state index contributed by atoms with van der Waals surface area (Å²) < 4.78 is 5.42. The molecule has 0 spiro atoms. The van der Waals surface area contributed by atoms with Crippen molar-refractivity contribution >= 4 is 23.5 Å². The van der Waals surface area contributed by atoms with Gasteiger partial charge in [0.15, 0.2) is 0 Å². The smallest absolute Gasteiger partial charge is 0.321 e. The molecule has 1 aliphatic rings. The molecular weight excluding hydrogens is 346 g/mol. The molecule has 1 N–H and O–H groups in total. The maximum Gasteiger partial charge on any atom is 0.321 e. The quantitative estimate of drug-likeness (QED) is 0.759. The summed E-state index contributed by atoms with van der Waals surface area (Å²) in [5.41, 5.74) is 0.797. The molecule has 138 valence electrons. The lowest BCUT2D eigenvalue weighted by molar-refractivity contribution is 0.187. The summed E-state index contributed by atoms with van der Waals surface area (Å²) in [4.78, 5) is 18.7. The second kappa shape index (κ2) is 9.48. The Bertz CT molecular complexity index is 686. The van der Waals surface area contributed by atoms with Crippen LogP contribution in [-0.4, -0.2) is 41.4 Å². The number of amides is 2. The Morgan fingerprint density at radius 1 is 1.23 bits per heavy atom. The van der Waals surface area contributed by atoms with Crippen molar-refractivity contribution in [2.24, 2.45) is 5.92 Å². The molecule has 1 saturated heterocycles. The van der Waals surface area contributed by atoms with Crippen molar-refractivity contribution in [1.29, 1.82) is 0 Å². The highest BCUT2D eigenvalue weighted by atomic mass is 32.2. The van der Waals surface area contributed by atoms with E-state index >= 15 is 0 Å². The van der Waals surface area contributed by atoms with E-state index in [0.29, 0.717) is 12.5 Å². The average molecular weight is 372 g/mol. The normalized spacial score (nSPS) is 14.9. The van der Waals surface area contributed by atoms with Crippen molar-refractivity contribution in [2.45, 2.75) is 24.8 Å². The second-order valence-corrected chi connectivity index (χ2v) is 7.34. The number of ether oxygens (including phenoxy) is 1. The van der Waals surface area contributed by atoms with Gasteiger partial charge in [-0.1, -0.05) is 6.07 Å². The summed E-state index contributed by atoms with van der Waals surface area (Å²) >= 11 is 1.80. The zero-order valence-corrected chi connectivity index (χ0v) is 15.9. The Balaban J connectivity index is 1.41. The van der Waals surface area contributed by atoms with Gasteiger partial charge in [0.25, 0.3) is 0 Å². The average Bonchev–Trinajstić information content (AvgIpc) is 2.69. The molecule has 0 aliphatic carbocycles. The van der Waals surface area contributed by atoms with Gasteiger partial charge in [0.05, 0.1) is 11.6 Å². The van der Waals surface area contributed by atoms with Crippen LogP contribution in [0.2, 0.25) is 0 Å². The van der Waals surface area contributed by atoms with Gasteiger partial charge in [0.1, 0.15) is 5.75 Å². The summed E-state index contributed by atoms with van der Waals surface area (Å²) in [6.07, 6.45) is 3.91. The van der Waals surface area contributed by atoms with E-state index in [2.05, 4.69) is 10.3 Å². The highest BCUT2D eigenvalue weighted by Crippen LogP contribution is 2.25. The Morgan fingerprint density at radius 3 is 2.65 bits per heavy atom. The van der Waals surface area contributed by atoms with Gasteiger partial charge in [0, 0.05) is 30.7 Å². The van der Waals surface area contributed by atoms with Gasteiger partial charge in [-0.15, -0.1) is 11.8 Å². The first-order valence-electron chi connectivity index (χ1n) is 9.07. The molecular formula is C20H25N3O2S. The first-order chi connectivity index (χ1) is 12.7. The molecule has 1 aliphatic heterocycles. The Labute approximate surface area is 159 Å². The van der Waals surface area contributed by atoms with Gasteiger partial charge in [-0.05, 0) is 62.1 Å². The van der Waals surface area contributed by atoms with Crippen molar-refractivity contribution in [1.82, 2.24) is 9.88 Å². The van der Waals surface area contributed by atoms with Crippen LogP contribution in [0.4, 0.5) is 10.5 Å². The first-order valence-corrected chi connectivity index (χ1v) is 10.1. The van der Waals surface area contributed by atoms with E-state index in [-0.39, 0.29) is 6.03 Å². The van der Waals surface area contributed by atoms with Gasteiger partial charge >= 0.3 is 6.03 Å². The number of hydrogen-bond donors (Lipinski definition) is 1. The number of carbonyl (C=O) groups is 1. The Morgan fingerprint density at radius 2 is 2.00 bits per heavy atom. The fraction of sp³-hybridized carbons (Fsp3) is 0.400. The minimum atomic E-state index is -0.0232. The first kappa shape index (κ1) is 18.6.